The molecule has 4 heterocycles. The maximum Gasteiger partial charge on any atom is 0.257 e. The predicted octanol–water partition coefficient (Wildman–Crippen LogP) is 3.16. The molecule has 1 aliphatic heterocycles. The largest absolute Gasteiger partial charge is 0.445 e. The van der Waals surface area contributed by atoms with Crippen molar-refractivity contribution >= 4 is 5.91 Å². The van der Waals surface area contributed by atoms with Gasteiger partial charge in [-0.1, -0.05) is 13.8 Å². The summed E-state index contributed by atoms with van der Waals surface area (Å²) in [4.78, 5) is 32.3. The minimum atomic E-state index is -0.0787. The quantitative estimate of drug-likeness (QED) is 0.711. The SMILES string of the molecule is Cc1nc(-c2cccnc2)ncc1C(=O)N1CCc2oc(C(C)C)nc2C1. The highest BCUT2D eigenvalue weighted by Crippen LogP contribution is 2.25. The van der Waals surface area contributed by atoms with Crippen LogP contribution in [0.2, 0.25) is 0 Å². The Hall–Kier alpha value is -3.09. The lowest BCUT2D eigenvalue weighted by atomic mass is 10.1. The summed E-state index contributed by atoms with van der Waals surface area (Å²) in [6.45, 7) is 6.98. The first-order valence-corrected chi connectivity index (χ1v) is 9.04. The van der Waals surface area contributed by atoms with Crippen molar-refractivity contribution < 1.29 is 9.21 Å². The van der Waals surface area contributed by atoms with Crippen molar-refractivity contribution in [3.05, 3.63) is 59.3 Å². The minimum Gasteiger partial charge on any atom is -0.445 e. The van der Waals surface area contributed by atoms with E-state index in [1.54, 1.807) is 23.5 Å². The molecule has 0 atom stereocenters. The highest BCUT2D eigenvalue weighted by molar-refractivity contribution is 5.95. The van der Waals surface area contributed by atoms with Crippen LogP contribution in [0.1, 0.15) is 53.2 Å². The molecule has 0 aliphatic carbocycles. The third-order valence-corrected chi connectivity index (χ3v) is 4.65. The molecule has 0 bridgehead atoms. The molecule has 7 nitrogen and oxygen atoms in total. The maximum absolute atomic E-state index is 13.0. The summed E-state index contributed by atoms with van der Waals surface area (Å²) in [7, 11) is 0. The summed E-state index contributed by atoms with van der Waals surface area (Å²) in [6.07, 6.45) is 5.69. The first-order valence-electron chi connectivity index (χ1n) is 9.04. The van der Waals surface area contributed by atoms with Gasteiger partial charge in [0, 0.05) is 43.0 Å². The zero-order chi connectivity index (χ0) is 19.0. The van der Waals surface area contributed by atoms with Crippen LogP contribution in [0.4, 0.5) is 0 Å². The Kier molecular flexibility index (Phi) is 4.43. The van der Waals surface area contributed by atoms with Crippen molar-refractivity contribution in [3.63, 3.8) is 0 Å². The first-order chi connectivity index (χ1) is 13.0. The molecular weight excluding hydrogens is 342 g/mol. The van der Waals surface area contributed by atoms with Gasteiger partial charge in [-0.05, 0) is 19.1 Å². The number of hydrogen-bond acceptors (Lipinski definition) is 6. The van der Waals surface area contributed by atoms with Gasteiger partial charge in [-0.25, -0.2) is 15.0 Å². The molecule has 1 amide bonds. The molecule has 138 valence electrons. The number of aromatic nitrogens is 4. The molecule has 0 fully saturated rings. The van der Waals surface area contributed by atoms with Crippen molar-refractivity contribution in [2.45, 2.75) is 39.7 Å². The number of hydrogen-bond donors (Lipinski definition) is 0. The second-order valence-corrected chi connectivity index (χ2v) is 6.99. The lowest BCUT2D eigenvalue weighted by Gasteiger charge is -2.25. The molecule has 0 N–H and O–H groups in total. The van der Waals surface area contributed by atoms with Gasteiger partial charge in [0.2, 0.25) is 0 Å². The summed E-state index contributed by atoms with van der Waals surface area (Å²) in [5, 5.41) is 0. The number of pyridine rings is 1. The van der Waals surface area contributed by atoms with Crippen LogP contribution in [0.25, 0.3) is 11.4 Å². The summed E-state index contributed by atoms with van der Waals surface area (Å²) < 4.78 is 5.81. The van der Waals surface area contributed by atoms with Gasteiger partial charge >= 0.3 is 0 Å². The van der Waals surface area contributed by atoms with Crippen LogP contribution >= 0.6 is 0 Å². The van der Waals surface area contributed by atoms with E-state index in [1.807, 2.05) is 32.9 Å². The number of oxazole rings is 1. The number of aryl methyl sites for hydroxylation is 1. The fourth-order valence-corrected chi connectivity index (χ4v) is 3.12. The third kappa shape index (κ3) is 3.32. The Morgan fingerprint density at radius 1 is 1.26 bits per heavy atom. The van der Waals surface area contributed by atoms with Crippen LogP contribution in [0.5, 0.6) is 0 Å². The van der Waals surface area contributed by atoms with E-state index in [0.717, 1.165) is 22.9 Å². The van der Waals surface area contributed by atoms with Crippen LogP contribution < -0.4 is 0 Å². The molecule has 27 heavy (non-hydrogen) atoms. The van der Waals surface area contributed by atoms with Crippen LogP contribution in [0, 0.1) is 6.92 Å². The lowest BCUT2D eigenvalue weighted by Crippen LogP contribution is -2.36. The average molecular weight is 363 g/mol. The molecule has 3 aromatic heterocycles. The Balaban J connectivity index is 1.56. The normalized spacial score (nSPS) is 13.7. The third-order valence-electron chi connectivity index (χ3n) is 4.65. The average Bonchev–Trinajstić information content (AvgIpc) is 3.12. The van der Waals surface area contributed by atoms with E-state index in [0.29, 0.717) is 36.6 Å². The molecule has 1 aliphatic rings. The summed E-state index contributed by atoms with van der Waals surface area (Å²) in [5.41, 5.74) is 2.84. The second kappa shape index (κ2) is 6.90. The molecule has 0 spiro atoms. The van der Waals surface area contributed by atoms with Crippen molar-refractivity contribution in [1.29, 1.82) is 0 Å². The van der Waals surface area contributed by atoms with E-state index >= 15 is 0 Å². The van der Waals surface area contributed by atoms with E-state index in [4.69, 9.17) is 4.42 Å². The highest BCUT2D eigenvalue weighted by Gasteiger charge is 2.28. The van der Waals surface area contributed by atoms with E-state index in [2.05, 4.69) is 19.9 Å². The van der Waals surface area contributed by atoms with E-state index < -0.39 is 0 Å². The number of amides is 1. The number of nitrogens with zero attached hydrogens (tertiary/aromatic N) is 5. The van der Waals surface area contributed by atoms with Gasteiger partial charge in [-0.15, -0.1) is 0 Å². The number of carbonyl (C=O) groups excluding carboxylic acids is 1. The Labute approximate surface area is 157 Å². The lowest BCUT2D eigenvalue weighted by molar-refractivity contribution is 0.0726. The van der Waals surface area contributed by atoms with Crippen molar-refractivity contribution in [2.75, 3.05) is 6.54 Å². The van der Waals surface area contributed by atoms with Crippen LogP contribution in [0.3, 0.4) is 0 Å². The standard InChI is InChI=1S/C20H21N5O2/c1-12(2)19-24-16-11-25(8-6-17(16)27-19)20(26)15-10-22-18(23-13(15)3)14-5-4-7-21-9-14/h4-5,7,9-10,12H,6,8,11H2,1-3H3. The molecule has 0 saturated heterocycles. The molecule has 0 aromatic carbocycles. The van der Waals surface area contributed by atoms with Gasteiger partial charge in [0.05, 0.1) is 17.8 Å². The number of fused-ring (bicyclic) bond motifs is 1. The molecule has 0 radical (unpaired) electrons. The fraction of sp³-hybridized carbons (Fsp3) is 0.350. The predicted molar refractivity (Wildman–Crippen MR) is 99.0 cm³/mol. The molecular formula is C20H21N5O2. The Morgan fingerprint density at radius 3 is 2.81 bits per heavy atom. The summed E-state index contributed by atoms with van der Waals surface area (Å²) >= 11 is 0. The first kappa shape index (κ1) is 17.3. The monoisotopic (exact) mass is 363 g/mol. The fourth-order valence-electron chi connectivity index (χ4n) is 3.12. The smallest absolute Gasteiger partial charge is 0.257 e. The second-order valence-electron chi connectivity index (χ2n) is 6.99. The van der Waals surface area contributed by atoms with E-state index in [1.165, 1.54) is 0 Å². The van der Waals surface area contributed by atoms with Crippen LogP contribution in [0.15, 0.2) is 35.1 Å². The van der Waals surface area contributed by atoms with Crippen LogP contribution in [-0.2, 0) is 13.0 Å². The highest BCUT2D eigenvalue weighted by atomic mass is 16.4. The molecule has 4 rings (SSSR count). The van der Waals surface area contributed by atoms with Crippen molar-refractivity contribution in [2.24, 2.45) is 0 Å². The molecule has 0 saturated carbocycles. The Bertz CT molecular complexity index is 981. The Morgan fingerprint density at radius 2 is 2.11 bits per heavy atom. The van der Waals surface area contributed by atoms with Crippen molar-refractivity contribution in [3.8, 4) is 11.4 Å². The van der Waals surface area contributed by atoms with E-state index in [-0.39, 0.29) is 11.8 Å². The molecule has 3 aromatic rings. The summed E-state index contributed by atoms with van der Waals surface area (Å²) in [5.74, 6) is 2.34. The zero-order valence-electron chi connectivity index (χ0n) is 15.6. The van der Waals surface area contributed by atoms with Gasteiger partial charge in [-0.2, -0.15) is 0 Å². The number of carbonyl (C=O) groups is 1. The summed E-state index contributed by atoms with van der Waals surface area (Å²) in [6, 6.07) is 3.73. The van der Waals surface area contributed by atoms with Gasteiger partial charge in [0.25, 0.3) is 5.91 Å². The minimum absolute atomic E-state index is 0.0787. The van der Waals surface area contributed by atoms with E-state index in [9.17, 15) is 4.79 Å². The number of rotatable bonds is 3. The van der Waals surface area contributed by atoms with Crippen molar-refractivity contribution in [1.82, 2.24) is 24.8 Å². The maximum atomic E-state index is 13.0. The molecule has 7 heteroatoms. The van der Waals surface area contributed by atoms with Crippen LogP contribution in [-0.4, -0.2) is 37.3 Å². The van der Waals surface area contributed by atoms with Gasteiger partial charge in [-0.3, -0.25) is 9.78 Å². The van der Waals surface area contributed by atoms with Gasteiger partial charge < -0.3 is 9.32 Å². The van der Waals surface area contributed by atoms with Gasteiger partial charge in [0.1, 0.15) is 11.5 Å². The zero-order valence-corrected chi connectivity index (χ0v) is 15.6. The topological polar surface area (TPSA) is 85.0 Å². The van der Waals surface area contributed by atoms with Gasteiger partial charge in [0.15, 0.2) is 11.7 Å². The molecule has 0 unspecified atom stereocenters.